The normalized spacial score (nSPS) is 18.7. The van der Waals surface area contributed by atoms with Gasteiger partial charge < -0.3 is 20.1 Å². The maximum atomic E-state index is 5.32. The van der Waals surface area contributed by atoms with Gasteiger partial charge >= 0.3 is 0 Å². The first-order chi connectivity index (χ1) is 8.74. The molecule has 0 aliphatic carbocycles. The maximum Gasteiger partial charge on any atom is 0.162 e. The first kappa shape index (κ1) is 13.0. The highest BCUT2D eigenvalue weighted by atomic mass is 16.5. The van der Waals surface area contributed by atoms with Crippen molar-refractivity contribution < 1.29 is 9.47 Å². The molecule has 1 saturated heterocycles. The quantitative estimate of drug-likeness (QED) is 0.840. The van der Waals surface area contributed by atoms with E-state index in [1.807, 2.05) is 12.1 Å². The second-order valence-electron chi connectivity index (χ2n) is 4.70. The van der Waals surface area contributed by atoms with Crippen molar-refractivity contribution in [2.24, 2.45) is 0 Å². The standard InChI is InChI=1S/C14H22N2O2/c1-10-7-13(17-2)14(18-3)8-12(10)16-9-11-5-4-6-15-11/h7-8,11,15-16H,4-6,9H2,1-3H3. The highest BCUT2D eigenvalue weighted by Gasteiger charge is 2.14. The predicted octanol–water partition coefficient (Wildman–Crippen LogP) is 2.18. The van der Waals surface area contributed by atoms with Crippen LogP contribution in [0.3, 0.4) is 0 Å². The molecule has 0 bridgehead atoms. The minimum atomic E-state index is 0.581. The number of nitrogens with one attached hydrogen (secondary N) is 2. The van der Waals surface area contributed by atoms with Gasteiger partial charge in [-0.1, -0.05) is 0 Å². The first-order valence-corrected chi connectivity index (χ1v) is 6.44. The summed E-state index contributed by atoms with van der Waals surface area (Å²) in [6.45, 7) is 4.17. The Labute approximate surface area is 109 Å². The topological polar surface area (TPSA) is 42.5 Å². The highest BCUT2D eigenvalue weighted by Crippen LogP contribution is 2.32. The molecule has 1 aromatic carbocycles. The number of anilines is 1. The van der Waals surface area contributed by atoms with Crippen molar-refractivity contribution in [2.75, 3.05) is 32.6 Å². The van der Waals surface area contributed by atoms with E-state index in [1.165, 1.54) is 18.4 Å². The van der Waals surface area contributed by atoms with E-state index < -0.39 is 0 Å². The summed E-state index contributed by atoms with van der Waals surface area (Å²) in [6, 6.07) is 4.59. The zero-order valence-electron chi connectivity index (χ0n) is 11.4. The molecule has 2 rings (SSSR count). The summed E-state index contributed by atoms with van der Waals surface area (Å²) in [5.41, 5.74) is 2.28. The van der Waals surface area contributed by atoms with Gasteiger partial charge in [0, 0.05) is 24.3 Å². The van der Waals surface area contributed by atoms with Gasteiger partial charge in [-0.25, -0.2) is 0 Å². The monoisotopic (exact) mass is 250 g/mol. The van der Waals surface area contributed by atoms with Gasteiger partial charge in [-0.2, -0.15) is 0 Å². The molecule has 1 heterocycles. The molecule has 1 aromatic rings. The van der Waals surface area contributed by atoms with Gasteiger partial charge in [0.1, 0.15) is 0 Å². The summed E-state index contributed by atoms with van der Waals surface area (Å²) in [7, 11) is 3.32. The van der Waals surface area contributed by atoms with Crippen LogP contribution in [0.4, 0.5) is 5.69 Å². The van der Waals surface area contributed by atoms with Gasteiger partial charge in [-0.05, 0) is 37.9 Å². The zero-order chi connectivity index (χ0) is 13.0. The molecule has 2 N–H and O–H groups in total. The number of rotatable bonds is 5. The van der Waals surface area contributed by atoms with Gasteiger partial charge in [0.2, 0.25) is 0 Å². The van der Waals surface area contributed by atoms with E-state index in [0.29, 0.717) is 6.04 Å². The van der Waals surface area contributed by atoms with Gasteiger partial charge in [0.25, 0.3) is 0 Å². The van der Waals surface area contributed by atoms with Crippen molar-refractivity contribution in [1.29, 1.82) is 0 Å². The van der Waals surface area contributed by atoms with Crippen LogP contribution in [-0.2, 0) is 0 Å². The van der Waals surface area contributed by atoms with Crippen molar-refractivity contribution in [2.45, 2.75) is 25.8 Å². The van der Waals surface area contributed by atoms with Gasteiger partial charge in [-0.15, -0.1) is 0 Å². The summed E-state index contributed by atoms with van der Waals surface area (Å²) in [6.07, 6.45) is 2.52. The lowest BCUT2D eigenvalue weighted by molar-refractivity contribution is 0.355. The number of benzene rings is 1. The lowest BCUT2D eigenvalue weighted by Gasteiger charge is -2.17. The smallest absolute Gasteiger partial charge is 0.162 e. The third kappa shape index (κ3) is 2.88. The fraction of sp³-hybridized carbons (Fsp3) is 0.571. The summed E-state index contributed by atoms with van der Waals surface area (Å²) >= 11 is 0. The van der Waals surface area contributed by atoms with Crippen molar-refractivity contribution in [3.05, 3.63) is 17.7 Å². The molecular weight excluding hydrogens is 228 g/mol. The van der Waals surface area contributed by atoms with E-state index in [4.69, 9.17) is 9.47 Å². The predicted molar refractivity (Wildman–Crippen MR) is 73.8 cm³/mol. The number of ether oxygens (including phenoxy) is 2. The Hall–Kier alpha value is -1.42. The van der Waals surface area contributed by atoms with Gasteiger partial charge in [0.15, 0.2) is 11.5 Å². The number of hydrogen-bond acceptors (Lipinski definition) is 4. The van der Waals surface area contributed by atoms with Crippen LogP contribution in [0.1, 0.15) is 18.4 Å². The molecule has 0 amide bonds. The minimum Gasteiger partial charge on any atom is -0.493 e. The minimum absolute atomic E-state index is 0.581. The second-order valence-corrected chi connectivity index (χ2v) is 4.70. The van der Waals surface area contributed by atoms with Crippen molar-refractivity contribution in [3.63, 3.8) is 0 Å². The summed E-state index contributed by atoms with van der Waals surface area (Å²) in [4.78, 5) is 0. The first-order valence-electron chi connectivity index (χ1n) is 6.44. The molecule has 1 aliphatic rings. The Morgan fingerprint density at radius 3 is 2.61 bits per heavy atom. The number of methoxy groups -OCH3 is 2. The average molecular weight is 250 g/mol. The summed E-state index contributed by atoms with van der Waals surface area (Å²) in [5, 5.41) is 6.96. The van der Waals surface area contributed by atoms with E-state index in [-0.39, 0.29) is 0 Å². The summed E-state index contributed by atoms with van der Waals surface area (Å²) in [5.74, 6) is 1.55. The molecule has 1 atom stereocenters. The third-order valence-corrected chi connectivity index (χ3v) is 3.43. The highest BCUT2D eigenvalue weighted by molar-refractivity contribution is 5.60. The van der Waals surface area contributed by atoms with Crippen LogP contribution in [0.15, 0.2) is 12.1 Å². The fourth-order valence-corrected chi connectivity index (χ4v) is 2.34. The molecule has 1 fully saturated rings. The molecule has 0 spiro atoms. The molecule has 1 unspecified atom stereocenters. The zero-order valence-corrected chi connectivity index (χ0v) is 11.4. The fourth-order valence-electron chi connectivity index (χ4n) is 2.34. The summed E-state index contributed by atoms with van der Waals surface area (Å²) < 4.78 is 10.6. The van der Waals surface area contributed by atoms with Gasteiger partial charge in [-0.3, -0.25) is 0 Å². The Bertz CT molecular complexity index is 401. The molecule has 18 heavy (non-hydrogen) atoms. The van der Waals surface area contributed by atoms with Crippen molar-refractivity contribution in [1.82, 2.24) is 5.32 Å². The average Bonchev–Trinajstić information content (AvgIpc) is 2.90. The van der Waals surface area contributed by atoms with E-state index >= 15 is 0 Å². The second kappa shape index (κ2) is 5.96. The molecule has 0 saturated carbocycles. The van der Waals surface area contributed by atoms with Crippen LogP contribution >= 0.6 is 0 Å². The molecule has 100 valence electrons. The largest absolute Gasteiger partial charge is 0.493 e. The molecule has 4 nitrogen and oxygen atoms in total. The maximum absolute atomic E-state index is 5.32. The lowest BCUT2D eigenvalue weighted by atomic mass is 10.1. The Morgan fingerprint density at radius 1 is 1.28 bits per heavy atom. The van der Waals surface area contributed by atoms with Crippen molar-refractivity contribution >= 4 is 5.69 Å². The molecule has 0 radical (unpaired) electrons. The Balaban J connectivity index is 2.06. The van der Waals surface area contributed by atoms with E-state index in [0.717, 1.165) is 30.3 Å². The molecule has 1 aliphatic heterocycles. The third-order valence-electron chi connectivity index (χ3n) is 3.43. The molecular formula is C14H22N2O2. The van der Waals surface area contributed by atoms with E-state index in [2.05, 4.69) is 17.6 Å². The van der Waals surface area contributed by atoms with Crippen LogP contribution in [0.2, 0.25) is 0 Å². The SMILES string of the molecule is COc1cc(C)c(NCC2CCCN2)cc1OC. The molecule has 0 aromatic heterocycles. The number of aryl methyl sites for hydroxylation is 1. The van der Waals surface area contributed by atoms with Crippen LogP contribution < -0.4 is 20.1 Å². The van der Waals surface area contributed by atoms with Crippen LogP contribution in [0, 0.1) is 6.92 Å². The van der Waals surface area contributed by atoms with E-state index in [1.54, 1.807) is 14.2 Å². The lowest BCUT2D eigenvalue weighted by Crippen LogP contribution is -2.29. The Morgan fingerprint density at radius 2 is 2.00 bits per heavy atom. The molecule has 4 heteroatoms. The van der Waals surface area contributed by atoms with Crippen molar-refractivity contribution in [3.8, 4) is 11.5 Å². The van der Waals surface area contributed by atoms with Crippen LogP contribution in [0.25, 0.3) is 0 Å². The van der Waals surface area contributed by atoms with E-state index in [9.17, 15) is 0 Å². The Kier molecular flexibility index (Phi) is 4.31. The van der Waals surface area contributed by atoms with Gasteiger partial charge in [0.05, 0.1) is 14.2 Å². The van der Waals surface area contributed by atoms with Crippen LogP contribution in [-0.4, -0.2) is 33.4 Å². The van der Waals surface area contributed by atoms with Crippen LogP contribution in [0.5, 0.6) is 11.5 Å². The number of hydrogen-bond donors (Lipinski definition) is 2.